The fourth-order valence-corrected chi connectivity index (χ4v) is 3.24. The van der Waals surface area contributed by atoms with Gasteiger partial charge in [0.15, 0.2) is 5.76 Å². The lowest BCUT2D eigenvalue weighted by Gasteiger charge is -2.00. The number of carbonyl (C=O) groups is 1. The van der Waals surface area contributed by atoms with Crippen LogP contribution in [0.2, 0.25) is 0 Å². The Bertz CT molecular complexity index is 1100. The minimum atomic E-state index is -0.923. The van der Waals surface area contributed by atoms with Crippen LogP contribution in [0.1, 0.15) is 28.4 Å². The molecule has 0 atom stereocenters. The van der Waals surface area contributed by atoms with Gasteiger partial charge in [-0.15, -0.1) is 0 Å². The number of aryl methyl sites for hydroxylation is 2. The van der Waals surface area contributed by atoms with Crippen LogP contribution in [0, 0.1) is 6.92 Å². The number of rotatable bonds is 4. The van der Waals surface area contributed by atoms with Crippen LogP contribution in [0.5, 0.6) is 0 Å². The minimum Gasteiger partial charge on any atom is -0.478 e. The molecule has 0 unspecified atom stereocenters. The van der Waals surface area contributed by atoms with Gasteiger partial charge in [-0.3, -0.25) is 0 Å². The normalized spacial score (nSPS) is 11.2. The van der Waals surface area contributed by atoms with E-state index in [9.17, 15) is 4.79 Å². The van der Waals surface area contributed by atoms with Crippen molar-refractivity contribution >= 4 is 16.9 Å². The molecule has 0 aliphatic rings. The molecule has 0 radical (unpaired) electrons. The van der Waals surface area contributed by atoms with Gasteiger partial charge in [-0.2, -0.15) is 0 Å². The number of nitrogens with one attached hydrogen (secondary N) is 1. The highest BCUT2D eigenvalue weighted by Gasteiger charge is 2.12. The third-order valence-electron chi connectivity index (χ3n) is 4.66. The molecule has 2 heterocycles. The third-order valence-corrected chi connectivity index (χ3v) is 4.66. The zero-order chi connectivity index (χ0) is 18.3. The Labute approximate surface area is 151 Å². The lowest BCUT2D eigenvalue weighted by Crippen LogP contribution is -1.94. The monoisotopic (exact) mass is 345 g/mol. The fourth-order valence-electron chi connectivity index (χ4n) is 3.24. The van der Waals surface area contributed by atoms with Crippen molar-refractivity contribution in [2.45, 2.75) is 20.3 Å². The first-order chi connectivity index (χ1) is 12.5. The number of aromatic carboxylic acids is 1. The molecule has 4 nitrogen and oxygen atoms in total. The number of carboxylic acids is 1. The van der Waals surface area contributed by atoms with Gasteiger partial charge in [-0.25, -0.2) is 4.79 Å². The molecule has 2 aromatic carbocycles. The molecule has 26 heavy (non-hydrogen) atoms. The summed E-state index contributed by atoms with van der Waals surface area (Å²) in [5.41, 5.74) is 6.38. The van der Waals surface area contributed by atoms with E-state index in [1.165, 1.54) is 5.56 Å². The molecule has 4 rings (SSSR count). The first-order valence-corrected chi connectivity index (χ1v) is 8.61. The highest BCUT2D eigenvalue weighted by molar-refractivity contribution is 5.88. The van der Waals surface area contributed by atoms with Crippen LogP contribution in [0.4, 0.5) is 0 Å². The van der Waals surface area contributed by atoms with E-state index in [2.05, 4.69) is 37.0 Å². The fraction of sp³-hybridized carbons (Fsp3) is 0.136. The highest BCUT2D eigenvalue weighted by atomic mass is 16.4. The van der Waals surface area contributed by atoms with Gasteiger partial charge < -0.3 is 14.5 Å². The third kappa shape index (κ3) is 2.80. The molecule has 0 amide bonds. The Balaban J connectivity index is 1.70. The van der Waals surface area contributed by atoms with Gasteiger partial charge in [0.05, 0.1) is 11.3 Å². The van der Waals surface area contributed by atoms with Crippen LogP contribution in [0.15, 0.2) is 59.0 Å². The zero-order valence-electron chi connectivity index (χ0n) is 14.7. The number of aromatic amines is 1. The van der Waals surface area contributed by atoms with Gasteiger partial charge in [0.2, 0.25) is 0 Å². The van der Waals surface area contributed by atoms with E-state index in [1.54, 1.807) is 24.3 Å². The van der Waals surface area contributed by atoms with Crippen molar-refractivity contribution in [1.29, 1.82) is 0 Å². The van der Waals surface area contributed by atoms with E-state index in [0.29, 0.717) is 0 Å². The first kappa shape index (κ1) is 16.2. The van der Waals surface area contributed by atoms with Crippen molar-refractivity contribution in [3.05, 3.63) is 71.3 Å². The molecule has 0 saturated carbocycles. The Morgan fingerprint density at radius 1 is 1.04 bits per heavy atom. The van der Waals surface area contributed by atoms with Gasteiger partial charge in [-0.05, 0) is 66.4 Å². The smallest absolute Gasteiger partial charge is 0.335 e. The van der Waals surface area contributed by atoms with E-state index in [1.807, 2.05) is 12.1 Å². The van der Waals surface area contributed by atoms with Gasteiger partial charge in [0.25, 0.3) is 0 Å². The minimum absolute atomic E-state index is 0.278. The summed E-state index contributed by atoms with van der Waals surface area (Å²) in [6.45, 7) is 4.22. The van der Waals surface area contributed by atoms with Crippen LogP contribution in [-0.4, -0.2) is 16.1 Å². The molecule has 2 aromatic heterocycles. The number of hydrogen-bond donors (Lipinski definition) is 2. The maximum Gasteiger partial charge on any atom is 0.335 e. The summed E-state index contributed by atoms with van der Waals surface area (Å²) in [5.74, 6) is -0.127. The van der Waals surface area contributed by atoms with Crippen molar-refractivity contribution < 1.29 is 14.3 Å². The molecule has 0 bridgehead atoms. The van der Waals surface area contributed by atoms with Gasteiger partial charge >= 0.3 is 5.97 Å². The first-order valence-electron chi connectivity index (χ1n) is 8.61. The highest BCUT2D eigenvalue weighted by Crippen LogP contribution is 2.32. The van der Waals surface area contributed by atoms with E-state index in [-0.39, 0.29) is 5.56 Å². The van der Waals surface area contributed by atoms with Gasteiger partial charge in [0.1, 0.15) is 5.58 Å². The summed E-state index contributed by atoms with van der Waals surface area (Å²) in [7, 11) is 0. The van der Waals surface area contributed by atoms with Crippen LogP contribution >= 0.6 is 0 Å². The predicted molar refractivity (Wildman–Crippen MR) is 103 cm³/mol. The molecule has 0 spiro atoms. The van der Waals surface area contributed by atoms with Crippen molar-refractivity contribution in [3.63, 3.8) is 0 Å². The molecule has 0 aliphatic heterocycles. The quantitative estimate of drug-likeness (QED) is 0.501. The number of furan rings is 1. The molecule has 0 saturated heterocycles. The molecule has 4 aromatic rings. The standard InChI is InChI=1S/C22H19NO3/c1-3-14-10-13(2)21-17(11-14)12-20(26-21)19-9-8-18(23-19)15-4-6-16(7-5-15)22(24)25/h4-12,23H,3H2,1-2H3,(H,24,25). The second-order valence-corrected chi connectivity index (χ2v) is 6.46. The lowest BCUT2D eigenvalue weighted by molar-refractivity contribution is 0.0697. The van der Waals surface area contributed by atoms with E-state index >= 15 is 0 Å². The number of H-pyrrole nitrogens is 1. The lowest BCUT2D eigenvalue weighted by atomic mass is 10.1. The number of hydrogen-bond acceptors (Lipinski definition) is 2. The predicted octanol–water partition coefficient (Wildman–Crippen LogP) is 5.66. The van der Waals surface area contributed by atoms with Crippen molar-refractivity contribution in [2.75, 3.05) is 0 Å². The average molecular weight is 345 g/mol. The molecule has 2 N–H and O–H groups in total. The summed E-state index contributed by atoms with van der Waals surface area (Å²) in [5, 5.41) is 10.1. The topological polar surface area (TPSA) is 66.2 Å². The second kappa shape index (κ2) is 6.23. The van der Waals surface area contributed by atoms with Crippen molar-refractivity contribution in [3.8, 4) is 22.7 Å². The number of benzene rings is 2. The van der Waals surface area contributed by atoms with E-state index in [4.69, 9.17) is 9.52 Å². The summed E-state index contributed by atoms with van der Waals surface area (Å²) >= 11 is 0. The number of fused-ring (bicyclic) bond motifs is 1. The van der Waals surface area contributed by atoms with E-state index < -0.39 is 5.97 Å². The number of carboxylic acid groups (broad SMARTS) is 1. The maximum absolute atomic E-state index is 11.0. The summed E-state index contributed by atoms with van der Waals surface area (Å²) in [6.07, 6.45) is 0.996. The molecule has 0 aliphatic carbocycles. The molecule has 130 valence electrons. The molecule has 0 fully saturated rings. The average Bonchev–Trinajstić information content (AvgIpc) is 3.28. The van der Waals surface area contributed by atoms with Crippen LogP contribution in [-0.2, 0) is 6.42 Å². The zero-order valence-corrected chi connectivity index (χ0v) is 14.7. The SMILES string of the molecule is CCc1cc(C)c2oc(-c3ccc(-c4ccc(C(=O)O)cc4)[nH]3)cc2c1. The molecular weight excluding hydrogens is 326 g/mol. The molecule has 4 heteroatoms. The summed E-state index contributed by atoms with van der Waals surface area (Å²) in [6, 6.07) is 17.2. The van der Waals surface area contributed by atoms with E-state index in [0.717, 1.165) is 45.7 Å². The van der Waals surface area contributed by atoms with Crippen molar-refractivity contribution in [2.24, 2.45) is 0 Å². The van der Waals surface area contributed by atoms with Crippen LogP contribution < -0.4 is 0 Å². The Morgan fingerprint density at radius 2 is 1.77 bits per heavy atom. The Morgan fingerprint density at radius 3 is 2.46 bits per heavy atom. The van der Waals surface area contributed by atoms with Gasteiger partial charge in [-0.1, -0.05) is 25.1 Å². The Kier molecular flexibility index (Phi) is 3.88. The summed E-state index contributed by atoms with van der Waals surface area (Å²) in [4.78, 5) is 14.3. The van der Waals surface area contributed by atoms with Crippen LogP contribution in [0.25, 0.3) is 33.7 Å². The largest absolute Gasteiger partial charge is 0.478 e. The van der Waals surface area contributed by atoms with Gasteiger partial charge in [0, 0.05) is 11.1 Å². The Hall–Kier alpha value is -3.27. The molecular formula is C22H19NO3. The summed E-state index contributed by atoms with van der Waals surface area (Å²) < 4.78 is 6.08. The van der Waals surface area contributed by atoms with Crippen molar-refractivity contribution in [1.82, 2.24) is 4.98 Å². The number of aromatic nitrogens is 1. The maximum atomic E-state index is 11.0. The van der Waals surface area contributed by atoms with Crippen LogP contribution in [0.3, 0.4) is 0 Å². The second-order valence-electron chi connectivity index (χ2n) is 6.46.